The summed E-state index contributed by atoms with van der Waals surface area (Å²) in [5.74, 6) is 0. The fourth-order valence-electron chi connectivity index (χ4n) is 1.97. The molecule has 2 N–H and O–H groups in total. The highest BCUT2D eigenvalue weighted by molar-refractivity contribution is 9.10. The van der Waals surface area contributed by atoms with Gasteiger partial charge in [0.15, 0.2) is 0 Å². The van der Waals surface area contributed by atoms with E-state index in [4.69, 9.17) is 5.73 Å². The summed E-state index contributed by atoms with van der Waals surface area (Å²) in [4.78, 5) is 0. The Balaban J connectivity index is 0.000000963. The standard InChI is InChI=1S/C13H12BrN.ClH/c14-12-8-10(13(15)5-6-13)7-9-3-1-2-4-11(9)12;/h1-4,7-8H,5-6,15H2;1H. The second kappa shape index (κ2) is 4.02. The molecule has 0 unspecified atom stereocenters. The summed E-state index contributed by atoms with van der Waals surface area (Å²) in [6.45, 7) is 0. The van der Waals surface area contributed by atoms with E-state index in [1.165, 1.54) is 16.3 Å². The number of halogens is 2. The Morgan fingerprint density at radius 1 is 1.12 bits per heavy atom. The number of rotatable bonds is 1. The van der Waals surface area contributed by atoms with Crippen molar-refractivity contribution in [3.8, 4) is 0 Å². The first-order valence-electron chi connectivity index (χ1n) is 5.17. The molecule has 1 aliphatic rings. The second-order valence-electron chi connectivity index (χ2n) is 4.34. The van der Waals surface area contributed by atoms with Crippen LogP contribution in [0.3, 0.4) is 0 Å². The van der Waals surface area contributed by atoms with Crippen LogP contribution in [-0.4, -0.2) is 0 Å². The third kappa shape index (κ3) is 1.86. The van der Waals surface area contributed by atoms with Gasteiger partial charge in [0.25, 0.3) is 0 Å². The van der Waals surface area contributed by atoms with E-state index < -0.39 is 0 Å². The number of benzene rings is 2. The zero-order valence-corrected chi connectivity index (χ0v) is 11.1. The van der Waals surface area contributed by atoms with Gasteiger partial charge in [0.2, 0.25) is 0 Å². The Hall–Kier alpha value is -0.570. The lowest BCUT2D eigenvalue weighted by molar-refractivity contribution is 0.741. The van der Waals surface area contributed by atoms with Crippen molar-refractivity contribution in [3.63, 3.8) is 0 Å². The predicted molar refractivity (Wildman–Crippen MR) is 74.0 cm³/mol. The fourth-order valence-corrected chi connectivity index (χ4v) is 2.58. The van der Waals surface area contributed by atoms with Crippen LogP contribution < -0.4 is 5.73 Å². The van der Waals surface area contributed by atoms with Crippen molar-refractivity contribution in [1.29, 1.82) is 0 Å². The molecule has 0 spiro atoms. The van der Waals surface area contributed by atoms with Crippen molar-refractivity contribution < 1.29 is 0 Å². The van der Waals surface area contributed by atoms with Crippen LogP contribution in [0.25, 0.3) is 10.8 Å². The third-order valence-corrected chi connectivity index (χ3v) is 3.83. The van der Waals surface area contributed by atoms with Crippen molar-refractivity contribution in [2.75, 3.05) is 0 Å². The maximum atomic E-state index is 6.21. The van der Waals surface area contributed by atoms with Crippen molar-refractivity contribution >= 4 is 39.1 Å². The zero-order chi connectivity index (χ0) is 10.5. The molecule has 0 atom stereocenters. The van der Waals surface area contributed by atoms with E-state index in [2.05, 4.69) is 52.3 Å². The van der Waals surface area contributed by atoms with Crippen molar-refractivity contribution in [3.05, 3.63) is 46.4 Å². The van der Waals surface area contributed by atoms with Crippen molar-refractivity contribution in [2.45, 2.75) is 18.4 Å². The molecule has 3 rings (SSSR count). The smallest absolute Gasteiger partial charge is 0.0411 e. The molecule has 0 heterocycles. The first-order chi connectivity index (χ1) is 7.19. The fraction of sp³-hybridized carbons (Fsp3) is 0.231. The van der Waals surface area contributed by atoms with Gasteiger partial charge in [0.1, 0.15) is 0 Å². The summed E-state index contributed by atoms with van der Waals surface area (Å²) in [5.41, 5.74) is 7.42. The Morgan fingerprint density at radius 3 is 2.50 bits per heavy atom. The van der Waals surface area contributed by atoms with Gasteiger partial charge < -0.3 is 5.73 Å². The first kappa shape index (κ1) is 11.9. The molecule has 0 aliphatic heterocycles. The van der Waals surface area contributed by atoms with Crippen LogP contribution in [0.2, 0.25) is 0 Å². The van der Waals surface area contributed by atoms with Gasteiger partial charge in [-0.2, -0.15) is 0 Å². The predicted octanol–water partition coefficient (Wildman–Crippen LogP) is 3.97. The van der Waals surface area contributed by atoms with E-state index in [0.29, 0.717) is 0 Å². The molecule has 3 heteroatoms. The van der Waals surface area contributed by atoms with Crippen LogP contribution in [0.4, 0.5) is 0 Å². The van der Waals surface area contributed by atoms with Crippen LogP contribution >= 0.6 is 28.3 Å². The molecule has 0 aromatic heterocycles. The molecule has 0 bridgehead atoms. The SMILES string of the molecule is Cl.NC1(c2cc(Br)c3ccccc3c2)CC1. The minimum atomic E-state index is -0.0491. The number of hydrogen-bond donors (Lipinski definition) is 1. The molecule has 0 amide bonds. The lowest BCUT2D eigenvalue weighted by Gasteiger charge is -2.11. The van der Waals surface area contributed by atoms with Crippen LogP contribution in [0.5, 0.6) is 0 Å². The minimum absolute atomic E-state index is 0. The average molecular weight is 299 g/mol. The highest BCUT2D eigenvalue weighted by Crippen LogP contribution is 2.44. The van der Waals surface area contributed by atoms with Gasteiger partial charge in [-0.25, -0.2) is 0 Å². The molecule has 1 nitrogen and oxygen atoms in total. The molecule has 1 saturated carbocycles. The van der Waals surface area contributed by atoms with Crippen LogP contribution in [0.1, 0.15) is 18.4 Å². The van der Waals surface area contributed by atoms with E-state index in [1.54, 1.807) is 0 Å². The van der Waals surface area contributed by atoms with Gasteiger partial charge in [-0.15, -0.1) is 12.4 Å². The molecule has 16 heavy (non-hydrogen) atoms. The van der Waals surface area contributed by atoms with Crippen molar-refractivity contribution in [1.82, 2.24) is 0 Å². The molecule has 0 saturated heterocycles. The molecular weight excluding hydrogens is 286 g/mol. The summed E-state index contributed by atoms with van der Waals surface area (Å²) in [6, 6.07) is 12.8. The van der Waals surface area contributed by atoms with Crippen LogP contribution in [0, 0.1) is 0 Å². The molecule has 2 aromatic carbocycles. The molecule has 0 radical (unpaired) electrons. The highest BCUT2D eigenvalue weighted by atomic mass is 79.9. The molecule has 1 fully saturated rings. The molecule has 84 valence electrons. The number of hydrogen-bond acceptors (Lipinski definition) is 1. The first-order valence-corrected chi connectivity index (χ1v) is 5.96. The Kier molecular flexibility index (Phi) is 2.99. The van der Waals surface area contributed by atoms with Gasteiger partial charge in [-0.1, -0.05) is 40.2 Å². The second-order valence-corrected chi connectivity index (χ2v) is 5.19. The number of nitrogens with two attached hydrogens (primary N) is 1. The summed E-state index contributed by atoms with van der Waals surface area (Å²) in [6.07, 6.45) is 2.22. The summed E-state index contributed by atoms with van der Waals surface area (Å²) >= 11 is 3.61. The van der Waals surface area contributed by atoms with Gasteiger partial charge in [-0.3, -0.25) is 0 Å². The van der Waals surface area contributed by atoms with E-state index in [9.17, 15) is 0 Å². The topological polar surface area (TPSA) is 26.0 Å². The van der Waals surface area contributed by atoms with Crippen LogP contribution in [0.15, 0.2) is 40.9 Å². The lowest BCUT2D eigenvalue weighted by Crippen LogP contribution is -2.18. The number of fused-ring (bicyclic) bond motifs is 1. The maximum absolute atomic E-state index is 6.21. The van der Waals surface area contributed by atoms with Gasteiger partial charge >= 0.3 is 0 Å². The maximum Gasteiger partial charge on any atom is 0.0411 e. The van der Waals surface area contributed by atoms with E-state index in [-0.39, 0.29) is 17.9 Å². The molecule has 1 aliphatic carbocycles. The van der Waals surface area contributed by atoms with Gasteiger partial charge in [0.05, 0.1) is 0 Å². The minimum Gasteiger partial charge on any atom is -0.321 e. The average Bonchev–Trinajstić information content (AvgIpc) is 2.98. The van der Waals surface area contributed by atoms with Gasteiger partial charge in [0, 0.05) is 10.0 Å². The summed E-state index contributed by atoms with van der Waals surface area (Å²) in [7, 11) is 0. The van der Waals surface area contributed by atoms with Crippen molar-refractivity contribution in [2.24, 2.45) is 5.73 Å². The third-order valence-electron chi connectivity index (χ3n) is 3.17. The molecule has 2 aromatic rings. The zero-order valence-electron chi connectivity index (χ0n) is 8.74. The van der Waals surface area contributed by atoms with E-state index in [0.717, 1.165) is 17.3 Å². The van der Waals surface area contributed by atoms with Crippen LogP contribution in [-0.2, 0) is 5.54 Å². The highest BCUT2D eigenvalue weighted by Gasteiger charge is 2.40. The van der Waals surface area contributed by atoms with E-state index in [1.807, 2.05) is 0 Å². The van der Waals surface area contributed by atoms with Gasteiger partial charge in [-0.05, 0) is 41.3 Å². The largest absolute Gasteiger partial charge is 0.321 e. The summed E-state index contributed by atoms with van der Waals surface area (Å²) in [5, 5.41) is 2.52. The monoisotopic (exact) mass is 297 g/mol. The quantitative estimate of drug-likeness (QED) is 0.847. The summed E-state index contributed by atoms with van der Waals surface area (Å²) < 4.78 is 1.15. The molecular formula is C13H13BrClN. The lowest BCUT2D eigenvalue weighted by atomic mass is 10.0. The Morgan fingerprint density at radius 2 is 1.81 bits per heavy atom. The van der Waals surface area contributed by atoms with E-state index >= 15 is 0 Å². The Labute approximate surface area is 110 Å². The normalized spacial score (nSPS) is 16.9. The Bertz CT molecular complexity index is 534.